The number of benzene rings is 1. The van der Waals surface area contributed by atoms with Crippen molar-refractivity contribution < 1.29 is 14.7 Å². The van der Waals surface area contributed by atoms with Gasteiger partial charge < -0.3 is 10.0 Å². The first-order valence-electron chi connectivity index (χ1n) is 5.33. The van der Waals surface area contributed by atoms with Crippen LogP contribution in [-0.2, 0) is 4.79 Å². The molecule has 2 rings (SSSR count). The smallest absolute Gasteiger partial charge is 0.338 e. The van der Waals surface area contributed by atoms with Crippen LogP contribution in [0.4, 0.5) is 5.69 Å². The standard InChI is InChI=1S/C13H10BrNO3/c1-2-8-6-11(16)15(7-8)10-5-3-4-9(14)12(10)13(17)18/h1,3-5,8H,6-7H2,(H,17,18). The van der Waals surface area contributed by atoms with Crippen LogP contribution < -0.4 is 4.90 Å². The number of nitrogens with zero attached hydrogens (tertiary/aromatic N) is 1. The Bertz CT molecular complexity index is 562. The van der Waals surface area contributed by atoms with Crippen molar-refractivity contribution in [2.75, 3.05) is 11.4 Å². The van der Waals surface area contributed by atoms with Crippen LogP contribution in [0.5, 0.6) is 0 Å². The summed E-state index contributed by atoms with van der Waals surface area (Å²) in [6, 6.07) is 4.94. The van der Waals surface area contributed by atoms with Gasteiger partial charge in [0, 0.05) is 23.4 Å². The molecule has 0 radical (unpaired) electrons. The maximum atomic E-state index is 11.9. The van der Waals surface area contributed by atoms with Crippen molar-refractivity contribution in [3.63, 3.8) is 0 Å². The lowest BCUT2D eigenvalue weighted by Gasteiger charge is -2.19. The number of carboxylic acid groups (broad SMARTS) is 1. The summed E-state index contributed by atoms with van der Waals surface area (Å²) in [7, 11) is 0. The molecule has 18 heavy (non-hydrogen) atoms. The Hall–Kier alpha value is -1.80. The zero-order valence-corrected chi connectivity index (χ0v) is 11.0. The van der Waals surface area contributed by atoms with Crippen molar-refractivity contribution >= 4 is 33.5 Å². The Morgan fingerprint density at radius 3 is 2.83 bits per heavy atom. The fourth-order valence-electron chi connectivity index (χ4n) is 2.00. The van der Waals surface area contributed by atoms with Crippen molar-refractivity contribution in [3.8, 4) is 12.3 Å². The summed E-state index contributed by atoms with van der Waals surface area (Å²) < 4.78 is 0.449. The number of hydrogen-bond donors (Lipinski definition) is 1. The number of halogens is 1. The molecular weight excluding hydrogens is 298 g/mol. The van der Waals surface area contributed by atoms with Crippen LogP contribution in [0.15, 0.2) is 22.7 Å². The summed E-state index contributed by atoms with van der Waals surface area (Å²) in [5.41, 5.74) is 0.475. The summed E-state index contributed by atoms with van der Waals surface area (Å²) in [6.45, 7) is 0.367. The normalized spacial score (nSPS) is 18.8. The molecule has 1 unspecified atom stereocenters. The molecule has 1 N–H and O–H groups in total. The van der Waals surface area contributed by atoms with Gasteiger partial charge in [0.15, 0.2) is 0 Å². The average molecular weight is 308 g/mol. The second kappa shape index (κ2) is 4.83. The molecule has 0 bridgehead atoms. The molecule has 4 nitrogen and oxygen atoms in total. The highest BCUT2D eigenvalue weighted by Crippen LogP contribution is 2.32. The first kappa shape index (κ1) is 12.7. The number of rotatable bonds is 2. The van der Waals surface area contributed by atoms with Gasteiger partial charge in [-0.1, -0.05) is 6.07 Å². The Balaban J connectivity index is 2.47. The minimum Gasteiger partial charge on any atom is -0.478 e. The molecule has 1 aromatic rings. The summed E-state index contributed by atoms with van der Waals surface area (Å²) in [5.74, 6) is 1.17. The number of terminal acetylenes is 1. The molecule has 1 amide bonds. The quantitative estimate of drug-likeness (QED) is 0.852. The van der Waals surface area contributed by atoms with Crippen LogP contribution >= 0.6 is 15.9 Å². The minimum atomic E-state index is -1.07. The molecule has 1 fully saturated rings. The lowest BCUT2D eigenvalue weighted by atomic mass is 10.1. The van der Waals surface area contributed by atoms with Gasteiger partial charge >= 0.3 is 5.97 Å². The first-order chi connectivity index (χ1) is 8.54. The third-order valence-electron chi connectivity index (χ3n) is 2.86. The van der Waals surface area contributed by atoms with Gasteiger partial charge in [0.05, 0.1) is 11.3 Å². The van der Waals surface area contributed by atoms with Crippen LogP contribution in [0, 0.1) is 18.3 Å². The molecular formula is C13H10BrNO3. The average Bonchev–Trinajstić information content (AvgIpc) is 2.69. The molecule has 1 saturated heterocycles. The van der Waals surface area contributed by atoms with Gasteiger partial charge in [-0.2, -0.15) is 0 Å². The lowest BCUT2D eigenvalue weighted by molar-refractivity contribution is -0.117. The molecule has 0 saturated carbocycles. The van der Waals surface area contributed by atoms with Crippen molar-refractivity contribution in [1.29, 1.82) is 0 Å². The van der Waals surface area contributed by atoms with Gasteiger partial charge in [0.25, 0.3) is 0 Å². The predicted molar refractivity (Wildman–Crippen MR) is 70.4 cm³/mol. The monoisotopic (exact) mass is 307 g/mol. The molecule has 1 aromatic carbocycles. The van der Waals surface area contributed by atoms with E-state index in [4.69, 9.17) is 6.42 Å². The van der Waals surface area contributed by atoms with Gasteiger partial charge in [-0.05, 0) is 28.1 Å². The maximum absolute atomic E-state index is 11.9. The van der Waals surface area contributed by atoms with E-state index in [1.807, 2.05) is 0 Å². The van der Waals surface area contributed by atoms with E-state index < -0.39 is 5.97 Å². The van der Waals surface area contributed by atoms with E-state index in [0.717, 1.165) is 0 Å². The van der Waals surface area contributed by atoms with E-state index >= 15 is 0 Å². The zero-order chi connectivity index (χ0) is 13.3. The summed E-state index contributed by atoms with van der Waals surface area (Å²) >= 11 is 3.19. The highest BCUT2D eigenvalue weighted by atomic mass is 79.9. The second-order valence-corrected chi connectivity index (χ2v) is 4.87. The Kier molecular flexibility index (Phi) is 3.39. The van der Waals surface area contributed by atoms with Crippen molar-refractivity contribution in [3.05, 3.63) is 28.2 Å². The number of hydrogen-bond acceptors (Lipinski definition) is 2. The predicted octanol–water partition coefficient (Wildman–Crippen LogP) is 2.13. The number of carbonyl (C=O) groups excluding carboxylic acids is 1. The van der Waals surface area contributed by atoms with Crippen molar-refractivity contribution in [2.45, 2.75) is 6.42 Å². The van der Waals surface area contributed by atoms with Gasteiger partial charge in [-0.3, -0.25) is 4.79 Å². The van der Waals surface area contributed by atoms with Crippen LogP contribution in [-0.4, -0.2) is 23.5 Å². The molecule has 92 valence electrons. The Morgan fingerprint density at radius 2 is 2.28 bits per heavy atom. The third kappa shape index (κ3) is 2.12. The van der Waals surface area contributed by atoms with E-state index in [0.29, 0.717) is 16.7 Å². The largest absolute Gasteiger partial charge is 0.478 e. The first-order valence-corrected chi connectivity index (χ1v) is 6.12. The maximum Gasteiger partial charge on any atom is 0.338 e. The van der Waals surface area contributed by atoms with Crippen LogP contribution in [0.2, 0.25) is 0 Å². The summed E-state index contributed by atoms with van der Waals surface area (Å²) in [5, 5.41) is 9.21. The van der Waals surface area contributed by atoms with E-state index in [1.54, 1.807) is 18.2 Å². The number of carboxylic acids is 1. The molecule has 1 heterocycles. The van der Waals surface area contributed by atoms with Gasteiger partial charge in [0.1, 0.15) is 0 Å². The van der Waals surface area contributed by atoms with E-state index in [-0.39, 0.29) is 23.8 Å². The van der Waals surface area contributed by atoms with E-state index in [1.165, 1.54) is 4.90 Å². The fraction of sp³-hybridized carbons (Fsp3) is 0.231. The molecule has 1 aliphatic heterocycles. The lowest BCUT2D eigenvalue weighted by Crippen LogP contribution is -2.26. The summed E-state index contributed by atoms with van der Waals surface area (Å²) in [4.78, 5) is 24.5. The molecule has 5 heteroatoms. The highest BCUT2D eigenvalue weighted by Gasteiger charge is 2.32. The second-order valence-electron chi connectivity index (χ2n) is 4.01. The fourth-order valence-corrected chi connectivity index (χ4v) is 2.53. The zero-order valence-electron chi connectivity index (χ0n) is 9.39. The van der Waals surface area contributed by atoms with Crippen LogP contribution in [0.1, 0.15) is 16.8 Å². The number of aromatic carboxylic acids is 1. The van der Waals surface area contributed by atoms with E-state index in [9.17, 15) is 14.7 Å². The Labute approximate surface area is 113 Å². The van der Waals surface area contributed by atoms with Crippen molar-refractivity contribution in [1.82, 2.24) is 0 Å². The SMILES string of the molecule is C#CC1CC(=O)N(c2cccc(Br)c2C(=O)O)C1. The van der Waals surface area contributed by atoms with Crippen molar-refractivity contribution in [2.24, 2.45) is 5.92 Å². The van der Waals surface area contributed by atoms with Gasteiger partial charge in [0.2, 0.25) is 5.91 Å². The highest BCUT2D eigenvalue weighted by molar-refractivity contribution is 9.10. The van der Waals surface area contributed by atoms with Crippen LogP contribution in [0.3, 0.4) is 0 Å². The summed E-state index contributed by atoms with van der Waals surface area (Å²) in [6.07, 6.45) is 5.58. The van der Waals surface area contributed by atoms with Crippen LogP contribution in [0.25, 0.3) is 0 Å². The minimum absolute atomic E-state index is 0.0866. The Morgan fingerprint density at radius 1 is 1.56 bits per heavy atom. The third-order valence-corrected chi connectivity index (χ3v) is 3.52. The molecule has 1 aliphatic rings. The molecule has 0 aromatic heterocycles. The number of amides is 1. The topological polar surface area (TPSA) is 57.6 Å². The number of anilines is 1. The molecule has 0 aliphatic carbocycles. The van der Waals surface area contributed by atoms with Gasteiger partial charge in [-0.15, -0.1) is 12.3 Å². The van der Waals surface area contributed by atoms with E-state index in [2.05, 4.69) is 21.9 Å². The van der Waals surface area contributed by atoms with Gasteiger partial charge in [-0.25, -0.2) is 4.79 Å². The number of carbonyl (C=O) groups is 2. The molecule has 1 atom stereocenters. The molecule has 0 spiro atoms.